The molecule has 1 amide bonds. The van der Waals surface area contributed by atoms with E-state index in [0.717, 1.165) is 13.0 Å². The monoisotopic (exact) mass is 211 g/mol. The Balaban J connectivity index is 1.98. The van der Waals surface area contributed by atoms with Crippen LogP contribution < -0.4 is 0 Å². The minimum absolute atomic E-state index is 0.141. The summed E-state index contributed by atoms with van der Waals surface area (Å²) in [5, 5.41) is 9.44. The molecule has 0 radical (unpaired) electrons. The summed E-state index contributed by atoms with van der Waals surface area (Å²) in [6.45, 7) is 3.66. The molecular weight excluding hydrogens is 190 g/mol. The number of β-amino-alcohol motifs (C(OH)–C–C–N with tert-alkyl or cyclic N) is 1. The first-order valence-corrected chi connectivity index (χ1v) is 6.11. The molecule has 3 heteroatoms. The van der Waals surface area contributed by atoms with E-state index in [1.807, 2.05) is 4.90 Å². The van der Waals surface area contributed by atoms with Gasteiger partial charge in [-0.05, 0) is 24.7 Å². The fraction of sp³-hybridized carbons (Fsp3) is 0.917. The van der Waals surface area contributed by atoms with Gasteiger partial charge in [-0.3, -0.25) is 4.79 Å². The lowest BCUT2D eigenvalue weighted by atomic mass is 9.83. The molecule has 2 fully saturated rings. The summed E-state index contributed by atoms with van der Waals surface area (Å²) in [4.78, 5) is 13.5. The summed E-state index contributed by atoms with van der Waals surface area (Å²) in [5.74, 6) is 0.141. The van der Waals surface area contributed by atoms with E-state index in [-0.39, 0.29) is 5.91 Å². The van der Waals surface area contributed by atoms with Crippen LogP contribution in [0.25, 0.3) is 0 Å². The average Bonchev–Trinajstić information content (AvgIpc) is 2.76. The first-order chi connectivity index (χ1) is 7.15. The predicted molar refractivity (Wildman–Crippen MR) is 58.4 cm³/mol. The lowest BCUT2D eigenvalue weighted by molar-refractivity contribution is -0.129. The maximum Gasteiger partial charge on any atom is 0.225 e. The van der Waals surface area contributed by atoms with Gasteiger partial charge in [-0.1, -0.05) is 19.8 Å². The van der Waals surface area contributed by atoms with Crippen LogP contribution in [0, 0.1) is 5.41 Å². The Hall–Kier alpha value is -0.570. The van der Waals surface area contributed by atoms with Crippen LogP contribution in [-0.4, -0.2) is 35.1 Å². The molecule has 0 spiro atoms. The molecule has 1 saturated carbocycles. The van der Waals surface area contributed by atoms with Crippen molar-refractivity contribution in [2.75, 3.05) is 13.1 Å². The van der Waals surface area contributed by atoms with Crippen molar-refractivity contribution in [3.05, 3.63) is 0 Å². The smallest absolute Gasteiger partial charge is 0.225 e. The Morgan fingerprint density at radius 1 is 1.47 bits per heavy atom. The highest BCUT2D eigenvalue weighted by molar-refractivity contribution is 5.79. The topological polar surface area (TPSA) is 40.5 Å². The largest absolute Gasteiger partial charge is 0.391 e. The molecule has 86 valence electrons. The third-order valence-electron chi connectivity index (χ3n) is 4.13. The van der Waals surface area contributed by atoms with E-state index in [1.165, 1.54) is 25.7 Å². The van der Waals surface area contributed by atoms with Gasteiger partial charge in [-0.15, -0.1) is 0 Å². The highest BCUT2D eigenvalue weighted by Crippen LogP contribution is 2.42. The van der Waals surface area contributed by atoms with Crippen molar-refractivity contribution in [1.82, 2.24) is 4.90 Å². The summed E-state index contributed by atoms with van der Waals surface area (Å²) < 4.78 is 0. The molecule has 15 heavy (non-hydrogen) atoms. The summed E-state index contributed by atoms with van der Waals surface area (Å²) >= 11 is 0. The van der Waals surface area contributed by atoms with E-state index in [9.17, 15) is 9.90 Å². The zero-order valence-corrected chi connectivity index (χ0v) is 9.54. The third-order valence-corrected chi connectivity index (χ3v) is 4.13. The summed E-state index contributed by atoms with van der Waals surface area (Å²) in [6.07, 6.45) is 6.18. The molecule has 0 aromatic carbocycles. The van der Waals surface area contributed by atoms with Crippen LogP contribution >= 0.6 is 0 Å². The van der Waals surface area contributed by atoms with Gasteiger partial charge in [0.05, 0.1) is 12.5 Å². The second-order valence-electron chi connectivity index (χ2n) is 5.19. The zero-order chi connectivity index (χ0) is 10.9. The SMILES string of the molecule is CCC1(CN2CC(O)CC2=O)CCCC1. The summed E-state index contributed by atoms with van der Waals surface area (Å²) in [5.41, 5.74) is 0.361. The molecule has 1 heterocycles. The second kappa shape index (κ2) is 4.12. The van der Waals surface area contributed by atoms with Crippen molar-refractivity contribution >= 4 is 5.91 Å². The number of hydrogen-bond acceptors (Lipinski definition) is 2. The molecule has 3 nitrogen and oxygen atoms in total. The predicted octanol–water partition coefficient (Wildman–Crippen LogP) is 1.55. The first-order valence-electron chi connectivity index (χ1n) is 6.11. The lowest BCUT2D eigenvalue weighted by Crippen LogP contribution is -2.37. The maximum atomic E-state index is 11.6. The van der Waals surface area contributed by atoms with Crippen LogP contribution in [0.4, 0.5) is 0 Å². The summed E-state index contributed by atoms with van der Waals surface area (Å²) in [6, 6.07) is 0. The van der Waals surface area contributed by atoms with E-state index in [0.29, 0.717) is 18.4 Å². The minimum atomic E-state index is -0.423. The van der Waals surface area contributed by atoms with E-state index in [2.05, 4.69) is 6.92 Å². The second-order valence-corrected chi connectivity index (χ2v) is 5.19. The number of nitrogens with zero attached hydrogens (tertiary/aromatic N) is 1. The Bertz CT molecular complexity index is 246. The number of aliphatic hydroxyl groups excluding tert-OH is 1. The van der Waals surface area contributed by atoms with E-state index in [4.69, 9.17) is 0 Å². The van der Waals surface area contributed by atoms with Crippen molar-refractivity contribution in [2.24, 2.45) is 5.41 Å². The average molecular weight is 211 g/mol. The Morgan fingerprint density at radius 3 is 2.60 bits per heavy atom. The molecule has 0 aromatic rings. The van der Waals surface area contributed by atoms with E-state index < -0.39 is 6.10 Å². The number of rotatable bonds is 3. The normalized spacial score (nSPS) is 30.1. The van der Waals surface area contributed by atoms with Gasteiger partial charge in [0.25, 0.3) is 0 Å². The lowest BCUT2D eigenvalue weighted by Gasteiger charge is -2.32. The van der Waals surface area contributed by atoms with Crippen LogP contribution in [0.1, 0.15) is 45.4 Å². The maximum absolute atomic E-state index is 11.6. The Labute approximate surface area is 91.5 Å². The number of amides is 1. The molecule has 1 saturated heterocycles. The van der Waals surface area contributed by atoms with Crippen molar-refractivity contribution in [2.45, 2.75) is 51.6 Å². The van der Waals surface area contributed by atoms with E-state index >= 15 is 0 Å². The zero-order valence-electron chi connectivity index (χ0n) is 9.54. The number of carbonyl (C=O) groups is 1. The van der Waals surface area contributed by atoms with Crippen LogP contribution in [0.15, 0.2) is 0 Å². The van der Waals surface area contributed by atoms with Gasteiger partial charge in [-0.2, -0.15) is 0 Å². The van der Waals surface area contributed by atoms with Crippen molar-refractivity contribution in [3.63, 3.8) is 0 Å². The quantitative estimate of drug-likeness (QED) is 0.769. The first kappa shape index (κ1) is 10.9. The molecule has 0 aromatic heterocycles. The molecule has 2 aliphatic rings. The highest BCUT2D eigenvalue weighted by atomic mass is 16.3. The van der Waals surface area contributed by atoms with Crippen LogP contribution in [0.2, 0.25) is 0 Å². The van der Waals surface area contributed by atoms with Crippen molar-refractivity contribution < 1.29 is 9.90 Å². The van der Waals surface area contributed by atoms with Crippen LogP contribution in [-0.2, 0) is 4.79 Å². The molecule has 1 N–H and O–H groups in total. The van der Waals surface area contributed by atoms with Gasteiger partial charge in [0.1, 0.15) is 0 Å². The van der Waals surface area contributed by atoms with Gasteiger partial charge in [-0.25, -0.2) is 0 Å². The van der Waals surface area contributed by atoms with Gasteiger partial charge in [0, 0.05) is 13.1 Å². The Morgan fingerprint density at radius 2 is 2.13 bits per heavy atom. The fourth-order valence-electron chi connectivity index (χ4n) is 3.06. The standard InChI is InChI=1S/C12H21NO2/c1-2-12(5-3-4-6-12)9-13-8-10(14)7-11(13)15/h10,14H,2-9H2,1H3. The molecule has 1 aliphatic heterocycles. The number of likely N-dealkylation sites (tertiary alicyclic amines) is 1. The molecule has 0 bridgehead atoms. The molecule has 1 atom stereocenters. The summed E-state index contributed by atoms with van der Waals surface area (Å²) in [7, 11) is 0. The van der Waals surface area contributed by atoms with Gasteiger partial charge < -0.3 is 10.0 Å². The highest BCUT2D eigenvalue weighted by Gasteiger charge is 2.38. The molecular formula is C12H21NO2. The van der Waals surface area contributed by atoms with Gasteiger partial charge in [0.2, 0.25) is 5.91 Å². The number of aliphatic hydroxyl groups is 1. The fourth-order valence-corrected chi connectivity index (χ4v) is 3.06. The molecule has 1 aliphatic carbocycles. The van der Waals surface area contributed by atoms with Gasteiger partial charge >= 0.3 is 0 Å². The van der Waals surface area contributed by atoms with Gasteiger partial charge in [0.15, 0.2) is 0 Å². The van der Waals surface area contributed by atoms with Crippen molar-refractivity contribution in [3.8, 4) is 0 Å². The van der Waals surface area contributed by atoms with E-state index in [1.54, 1.807) is 0 Å². The van der Waals surface area contributed by atoms with Crippen LogP contribution in [0.3, 0.4) is 0 Å². The third kappa shape index (κ3) is 2.17. The van der Waals surface area contributed by atoms with Crippen molar-refractivity contribution in [1.29, 1.82) is 0 Å². The van der Waals surface area contributed by atoms with Crippen LogP contribution in [0.5, 0.6) is 0 Å². The Kier molecular flexibility index (Phi) is 3.01. The minimum Gasteiger partial charge on any atom is -0.391 e. The molecule has 2 rings (SSSR count). The molecule has 1 unspecified atom stereocenters. The number of carbonyl (C=O) groups excluding carboxylic acids is 1. The number of hydrogen-bond donors (Lipinski definition) is 1.